The van der Waals surface area contributed by atoms with Crippen molar-refractivity contribution in [1.29, 1.82) is 0 Å². The molecule has 0 unspecified atom stereocenters. The number of nitrogens with zero attached hydrogens (tertiary/aromatic N) is 2. The minimum absolute atomic E-state index is 0.0717. The zero-order chi connectivity index (χ0) is 15.1. The highest BCUT2D eigenvalue weighted by molar-refractivity contribution is 5.90. The SMILES string of the molecule is O=C(NCCc1cccnc1)Nc1ccc(C(=O)O)nc1. The molecule has 0 saturated carbocycles. The first-order valence-corrected chi connectivity index (χ1v) is 6.28. The first kappa shape index (κ1) is 14.4. The van der Waals surface area contributed by atoms with Crippen molar-refractivity contribution in [2.75, 3.05) is 11.9 Å². The van der Waals surface area contributed by atoms with E-state index in [9.17, 15) is 9.59 Å². The number of carboxylic acid groups (broad SMARTS) is 1. The highest BCUT2D eigenvalue weighted by Gasteiger charge is 2.05. The van der Waals surface area contributed by atoms with Gasteiger partial charge in [-0.2, -0.15) is 0 Å². The molecule has 2 rings (SSSR count). The molecular formula is C14H14N4O3. The first-order valence-electron chi connectivity index (χ1n) is 6.28. The molecule has 2 aromatic rings. The van der Waals surface area contributed by atoms with Crippen LogP contribution in [0, 0.1) is 0 Å². The van der Waals surface area contributed by atoms with E-state index in [-0.39, 0.29) is 11.7 Å². The monoisotopic (exact) mass is 286 g/mol. The summed E-state index contributed by atoms with van der Waals surface area (Å²) >= 11 is 0. The third-order valence-electron chi connectivity index (χ3n) is 2.66. The molecule has 0 atom stereocenters. The van der Waals surface area contributed by atoms with E-state index in [1.807, 2.05) is 12.1 Å². The normalized spacial score (nSPS) is 9.90. The van der Waals surface area contributed by atoms with Gasteiger partial charge in [-0.25, -0.2) is 14.6 Å². The van der Waals surface area contributed by atoms with E-state index in [2.05, 4.69) is 20.6 Å². The molecule has 0 aromatic carbocycles. The van der Waals surface area contributed by atoms with E-state index >= 15 is 0 Å². The van der Waals surface area contributed by atoms with Crippen LogP contribution in [0.15, 0.2) is 42.9 Å². The van der Waals surface area contributed by atoms with E-state index in [1.54, 1.807) is 12.4 Å². The molecule has 0 fully saturated rings. The maximum atomic E-state index is 11.6. The summed E-state index contributed by atoms with van der Waals surface area (Å²) in [5.74, 6) is -1.11. The number of pyridine rings is 2. The minimum atomic E-state index is -1.11. The number of hydrogen-bond acceptors (Lipinski definition) is 4. The lowest BCUT2D eigenvalue weighted by Gasteiger charge is -2.07. The van der Waals surface area contributed by atoms with Crippen LogP contribution in [-0.4, -0.2) is 33.6 Å². The fourth-order valence-corrected chi connectivity index (χ4v) is 1.64. The summed E-state index contributed by atoms with van der Waals surface area (Å²) in [5.41, 5.74) is 1.39. The van der Waals surface area contributed by atoms with Crippen LogP contribution in [0.25, 0.3) is 0 Å². The van der Waals surface area contributed by atoms with E-state index in [1.165, 1.54) is 18.3 Å². The number of anilines is 1. The van der Waals surface area contributed by atoms with Gasteiger partial charge in [0.15, 0.2) is 0 Å². The second-order valence-electron chi connectivity index (χ2n) is 4.23. The number of carbonyl (C=O) groups excluding carboxylic acids is 1. The van der Waals surface area contributed by atoms with Crippen molar-refractivity contribution in [1.82, 2.24) is 15.3 Å². The Morgan fingerprint density at radius 1 is 1.19 bits per heavy atom. The van der Waals surface area contributed by atoms with Crippen LogP contribution in [-0.2, 0) is 6.42 Å². The van der Waals surface area contributed by atoms with Crippen molar-refractivity contribution in [3.63, 3.8) is 0 Å². The van der Waals surface area contributed by atoms with Crippen molar-refractivity contribution in [3.8, 4) is 0 Å². The topological polar surface area (TPSA) is 104 Å². The average Bonchev–Trinajstić information content (AvgIpc) is 2.49. The molecule has 2 amide bonds. The zero-order valence-electron chi connectivity index (χ0n) is 11.1. The van der Waals surface area contributed by atoms with Crippen molar-refractivity contribution in [2.24, 2.45) is 0 Å². The number of hydrogen-bond donors (Lipinski definition) is 3. The van der Waals surface area contributed by atoms with Gasteiger partial charge in [0.2, 0.25) is 0 Å². The van der Waals surface area contributed by atoms with Crippen LogP contribution in [0.3, 0.4) is 0 Å². The second kappa shape index (κ2) is 6.99. The number of aromatic carboxylic acids is 1. The van der Waals surface area contributed by atoms with Crippen LogP contribution in [0.4, 0.5) is 10.5 Å². The molecule has 2 aromatic heterocycles. The van der Waals surface area contributed by atoms with Crippen molar-refractivity contribution < 1.29 is 14.7 Å². The van der Waals surface area contributed by atoms with Gasteiger partial charge in [0.1, 0.15) is 5.69 Å². The summed E-state index contributed by atoms with van der Waals surface area (Å²) in [5, 5.41) is 14.0. The summed E-state index contributed by atoms with van der Waals surface area (Å²) in [6, 6.07) is 6.21. The maximum absolute atomic E-state index is 11.6. The lowest BCUT2D eigenvalue weighted by Crippen LogP contribution is -2.30. The molecule has 0 spiro atoms. The zero-order valence-corrected chi connectivity index (χ0v) is 11.1. The quantitative estimate of drug-likeness (QED) is 0.773. The van der Waals surface area contributed by atoms with Crippen molar-refractivity contribution in [3.05, 3.63) is 54.1 Å². The molecule has 0 aliphatic heterocycles. The van der Waals surface area contributed by atoms with Crippen LogP contribution >= 0.6 is 0 Å². The average molecular weight is 286 g/mol. The van der Waals surface area contributed by atoms with Gasteiger partial charge in [-0.05, 0) is 30.2 Å². The predicted octanol–water partition coefficient (Wildman–Crippen LogP) is 1.54. The predicted molar refractivity (Wildman–Crippen MR) is 76.2 cm³/mol. The molecule has 7 nitrogen and oxygen atoms in total. The maximum Gasteiger partial charge on any atom is 0.354 e. The second-order valence-corrected chi connectivity index (χ2v) is 4.23. The Balaban J connectivity index is 1.78. The summed E-state index contributed by atoms with van der Waals surface area (Å²) in [6.45, 7) is 0.470. The third-order valence-corrected chi connectivity index (χ3v) is 2.66. The molecule has 3 N–H and O–H groups in total. The van der Waals surface area contributed by atoms with Crippen molar-refractivity contribution in [2.45, 2.75) is 6.42 Å². The summed E-state index contributed by atoms with van der Waals surface area (Å²) in [7, 11) is 0. The number of nitrogens with one attached hydrogen (secondary N) is 2. The van der Waals surface area contributed by atoms with Crippen LogP contribution in [0.5, 0.6) is 0 Å². The van der Waals surface area contributed by atoms with Gasteiger partial charge in [0, 0.05) is 18.9 Å². The molecule has 7 heteroatoms. The molecule has 108 valence electrons. The van der Waals surface area contributed by atoms with Crippen LogP contribution < -0.4 is 10.6 Å². The highest BCUT2D eigenvalue weighted by Crippen LogP contribution is 2.05. The van der Waals surface area contributed by atoms with E-state index in [0.717, 1.165) is 5.56 Å². The van der Waals surface area contributed by atoms with E-state index in [0.29, 0.717) is 18.7 Å². The third kappa shape index (κ3) is 4.57. The van der Waals surface area contributed by atoms with Gasteiger partial charge in [0.05, 0.1) is 11.9 Å². The number of carbonyl (C=O) groups is 2. The van der Waals surface area contributed by atoms with E-state index in [4.69, 9.17) is 5.11 Å². The largest absolute Gasteiger partial charge is 0.477 e. The van der Waals surface area contributed by atoms with Gasteiger partial charge in [-0.3, -0.25) is 4.98 Å². The number of amides is 2. The summed E-state index contributed by atoms with van der Waals surface area (Å²) in [6.07, 6.45) is 5.41. The Morgan fingerprint density at radius 2 is 2.05 bits per heavy atom. The molecule has 0 aliphatic carbocycles. The van der Waals surface area contributed by atoms with Crippen LogP contribution in [0.1, 0.15) is 16.1 Å². The summed E-state index contributed by atoms with van der Waals surface area (Å²) in [4.78, 5) is 30.0. The molecular weight excluding hydrogens is 272 g/mol. The smallest absolute Gasteiger partial charge is 0.354 e. The standard InChI is InChI=1S/C14H14N4O3/c19-13(20)12-4-3-11(9-17-12)18-14(21)16-7-5-10-2-1-6-15-8-10/h1-4,6,8-9H,5,7H2,(H,19,20)(H2,16,18,21). The highest BCUT2D eigenvalue weighted by atomic mass is 16.4. The van der Waals surface area contributed by atoms with E-state index < -0.39 is 5.97 Å². The number of carboxylic acids is 1. The molecule has 0 saturated heterocycles. The molecule has 0 aliphatic rings. The van der Waals surface area contributed by atoms with Gasteiger partial charge in [-0.15, -0.1) is 0 Å². The van der Waals surface area contributed by atoms with Gasteiger partial charge in [-0.1, -0.05) is 6.07 Å². The van der Waals surface area contributed by atoms with Gasteiger partial charge < -0.3 is 15.7 Å². The Kier molecular flexibility index (Phi) is 4.81. The van der Waals surface area contributed by atoms with Crippen LogP contribution in [0.2, 0.25) is 0 Å². The Morgan fingerprint density at radius 3 is 2.67 bits per heavy atom. The number of rotatable bonds is 5. The number of urea groups is 1. The molecule has 21 heavy (non-hydrogen) atoms. The Bertz CT molecular complexity index is 614. The fourth-order valence-electron chi connectivity index (χ4n) is 1.64. The van der Waals surface area contributed by atoms with Gasteiger partial charge >= 0.3 is 12.0 Å². The molecule has 0 radical (unpaired) electrons. The van der Waals surface area contributed by atoms with Gasteiger partial charge in [0.25, 0.3) is 0 Å². The Labute approximate surface area is 121 Å². The summed E-state index contributed by atoms with van der Waals surface area (Å²) < 4.78 is 0. The van der Waals surface area contributed by atoms with Crippen molar-refractivity contribution >= 4 is 17.7 Å². The molecule has 0 bridgehead atoms. The Hall–Kier alpha value is -2.96. The minimum Gasteiger partial charge on any atom is -0.477 e. The lowest BCUT2D eigenvalue weighted by atomic mass is 10.2. The number of aromatic nitrogens is 2. The first-order chi connectivity index (χ1) is 10.1. The fraction of sp³-hybridized carbons (Fsp3) is 0.143. The lowest BCUT2D eigenvalue weighted by molar-refractivity contribution is 0.0690. The molecule has 2 heterocycles.